The highest BCUT2D eigenvalue weighted by molar-refractivity contribution is 5.99. The molecule has 6 nitrogen and oxygen atoms in total. The summed E-state index contributed by atoms with van der Waals surface area (Å²) >= 11 is 0. The van der Waals surface area contributed by atoms with Gasteiger partial charge in [-0.25, -0.2) is 4.79 Å². The molecule has 6 heteroatoms. The summed E-state index contributed by atoms with van der Waals surface area (Å²) in [7, 11) is 0. The van der Waals surface area contributed by atoms with E-state index in [1.165, 1.54) is 0 Å². The lowest BCUT2D eigenvalue weighted by Crippen LogP contribution is -2.42. The number of ether oxygens (including phenoxy) is 2. The Bertz CT molecular complexity index is 1190. The summed E-state index contributed by atoms with van der Waals surface area (Å²) in [5.74, 6) is 0.0325. The van der Waals surface area contributed by atoms with Crippen molar-refractivity contribution in [3.8, 4) is 5.75 Å². The van der Waals surface area contributed by atoms with Gasteiger partial charge in [-0.15, -0.1) is 0 Å². The molecule has 0 radical (unpaired) electrons. The van der Waals surface area contributed by atoms with E-state index in [9.17, 15) is 14.7 Å². The van der Waals surface area contributed by atoms with E-state index in [2.05, 4.69) is 18.8 Å². The van der Waals surface area contributed by atoms with Gasteiger partial charge < -0.3 is 19.9 Å². The Kier molecular flexibility index (Phi) is 17.0. The van der Waals surface area contributed by atoms with Gasteiger partial charge in [0.15, 0.2) is 0 Å². The van der Waals surface area contributed by atoms with Crippen LogP contribution in [0.15, 0.2) is 90.2 Å². The normalized spacial score (nSPS) is 12.5. The first kappa shape index (κ1) is 35.0. The molecule has 0 saturated carbocycles. The Morgan fingerprint density at radius 1 is 1.10 bits per heavy atom. The summed E-state index contributed by atoms with van der Waals surface area (Å²) in [6.45, 7) is 16.8. The second-order valence-electron chi connectivity index (χ2n) is 9.20. The van der Waals surface area contributed by atoms with Crippen LogP contribution in [-0.2, 0) is 20.7 Å². The van der Waals surface area contributed by atoms with Gasteiger partial charge in [0.1, 0.15) is 24.2 Å². The number of carboxylic acid groups (broad SMARTS) is 1. The van der Waals surface area contributed by atoms with Crippen molar-refractivity contribution >= 4 is 18.0 Å². The van der Waals surface area contributed by atoms with Gasteiger partial charge in [-0.05, 0) is 79.3 Å². The molecule has 0 bridgehead atoms. The fraction of sp³-hybridized carbons (Fsp3) is 0.371. The average Bonchev–Trinajstić information content (AvgIpc) is 2.99. The molecule has 222 valence electrons. The van der Waals surface area contributed by atoms with Crippen LogP contribution in [0, 0.1) is 6.92 Å². The number of hydrogen-bond acceptors (Lipinski definition) is 4. The average molecular weight is 562 g/mol. The Labute approximate surface area is 246 Å². The third-order valence-corrected chi connectivity index (χ3v) is 6.18. The quantitative estimate of drug-likeness (QED) is 0.0944. The number of carbonyl (C=O) groups excluding carboxylic acids is 1. The van der Waals surface area contributed by atoms with Crippen LogP contribution in [0.5, 0.6) is 5.75 Å². The molecular formula is C35H47NO5. The molecule has 0 aliphatic heterocycles. The molecular weight excluding hydrogens is 514 g/mol. The third kappa shape index (κ3) is 12.8. The fourth-order valence-corrected chi connectivity index (χ4v) is 3.77. The van der Waals surface area contributed by atoms with Gasteiger partial charge in [0.25, 0.3) is 0 Å². The van der Waals surface area contributed by atoms with Crippen LogP contribution >= 0.6 is 0 Å². The number of hydrogen-bond donors (Lipinski definition) is 2. The summed E-state index contributed by atoms with van der Waals surface area (Å²) in [6.07, 6.45) is 10.2. The van der Waals surface area contributed by atoms with Crippen molar-refractivity contribution in [2.75, 3.05) is 13.2 Å². The standard InChI is InChI=1S/C33H41NO5.C2H6/c1-6-10-18-38-29(9-4)20-25(7-2)23-39-30-17-16-28(24(5)19-30)22-27(8-3)32(35)34-31(33(36)37)21-26-14-12-11-13-15-26;1-2/h7,9,11-17,19-20,22,31H,2,6,8,10,18,21,23H2,1,3-5H3,(H,34,35)(H,36,37);1-2H3/b25-20+,27-22+,29-9+;. The lowest BCUT2D eigenvalue weighted by atomic mass is 10.0. The van der Waals surface area contributed by atoms with Crippen LogP contribution in [0.4, 0.5) is 0 Å². The molecule has 2 aromatic carbocycles. The first-order chi connectivity index (χ1) is 19.8. The molecule has 0 aromatic heterocycles. The molecule has 0 fully saturated rings. The van der Waals surface area contributed by atoms with Crippen molar-refractivity contribution in [2.24, 2.45) is 0 Å². The molecule has 0 aliphatic rings. The number of benzene rings is 2. The van der Waals surface area contributed by atoms with Crippen molar-refractivity contribution in [3.05, 3.63) is 107 Å². The van der Waals surface area contributed by atoms with Gasteiger partial charge in [-0.2, -0.15) is 0 Å². The zero-order valence-electron chi connectivity index (χ0n) is 25.5. The number of nitrogens with one attached hydrogen (secondary N) is 1. The van der Waals surface area contributed by atoms with Crippen molar-refractivity contribution in [3.63, 3.8) is 0 Å². The Hall–Kier alpha value is -4.06. The molecule has 41 heavy (non-hydrogen) atoms. The van der Waals surface area contributed by atoms with Crippen molar-refractivity contribution < 1.29 is 24.2 Å². The lowest BCUT2D eigenvalue weighted by molar-refractivity contribution is -0.141. The highest BCUT2D eigenvalue weighted by Crippen LogP contribution is 2.22. The maximum Gasteiger partial charge on any atom is 0.326 e. The predicted molar refractivity (Wildman–Crippen MR) is 169 cm³/mol. The number of aryl methyl sites for hydroxylation is 1. The third-order valence-electron chi connectivity index (χ3n) is 6.18. The van der Waals surface area contributed by atoms with Crippen molar-refractivity contribution in [1.82, 2.24) is 5.32 Å². The number of allylic oxidation sites excluding steroid dienone is 2. The largest absolute Gasteiger partial charge is 0.494 e. The van der Waals surface area contributed by atoms with E-state index in [1.807, 2.05) is 95.3 Å². The van der Waals surface area contributed by atoms with Crippen LogP contribution < -0.4 is 10.1 Å². The zero-order valence-corrected chi connectivity index (χ0v) is 25.5. The summed E-state index contributed by atoms with van der Waals surface area (Å²) in [6, 6.07) is 13.9. The molecule has 0 aliphatic carbocycles. The molecule has 2 N–H and O–H groups in total. The predicted octanol–water partition coefficient (Wildman–Crippen LogP) is 7.84. The minimum Gasteiger partial charge on any atom is -0.494 e. The maximum absolute atomic E-state index is 13.0. The van der Waals surface area contributed by atoms with E-state index in [4.69, 9.17) is 9.47 Å². The number of unbranched alkanes of at least 4 members (excludes halogenated alkanes) is 1. The van der Waals surface area contributed by atoms with Gasteiger partial charge in [-0.1, -0.05) is 83.2 Å². The first-order valence-corrected chi connectivity index (χ1v) is 14.4. The number of carbonyl (C=O) groups is 2. The van der Waals surface area contributed by atoms with Crippen LogP contribution in [0.2, 0.25) is 0 Å². The van der Waals surface area contributed by atoms with Crippen LogP contribution in [-0.4, -0.2) is 36.2 Å². The Balaban J connectivity index is 0.00000411. The highest BCUT2D eigenvalue weighted by atomic mass is 16.5. The lowest BCUT2D eigenvalue weighted by Gasteiger charge is -2.16. The van der Waals surface area contributed by atoms with Crippen molar-refractivity contribution in [1.29, 1.82) is 0 Å². The van der Waals surface area contributed by atoms with Gasteiger partial charge in [0.2, 0.25) is 5.91 Å². The topological polar surface area (TPSA) is 84.9 Å². The smallest absolute Gasteiger partial charge is 0.326 e. The van der Waals surface area contributed by atoms with Gasteiger partial charge in [-0.3, -0.25) is 4.79 Å². The molecule has 2 rings (SSSR count). The molecule has 1 atom stereocenters. The van der Waals surface area contributed by atoms with E-state index in [1.54, 1.807) is 12.2 Å². The number of aliphatic carboxylic acids is 1. The summed E-state index contributed by atoms with van der Waals surface area (Å²) < 4.78 is 11.8. The summed E-state index contributed by atoms with van der Waals surface area (Å²) in [4.78, 5) is 24.8. The van der Waals surface area contributed by atoms with Crippen LogP contribution in [0.25, 0.3) is 6.08 Å². The Morgan fingerprint density at radius 2 is 1.80 bits per heavy atom. The van der Waals surface area contributed by atoms with E-state index in [0.717, 1.165) is 40.9 Å². The van der Waals surface area contributed by atoms with Crippen LogP contribution in [0.3, 0.4) is 0 Å². The Morgan fingerprint density at radius 3 is 2.37 bits per heavy atom. The monoisotopic (exact) mass is 561 g/mol. The van der Waals surface area contributed by atoms with Gasteiger partial charge in [0.05, 0.1) is 6.61 Å². The first-order valence-electron chi connectivity index (χ1n) is 14.4. The SMILES string of the molecule is C=C/C(=C\C(=C/C)OCCCC)COc1ccc(/C=C(\CC)C(=O)NC(Cc2ccccc2)C(=O)O)c(C)c1.CC. The van der Waals surface area contributed by atoms with Crippen LogP contribution in [0.1, 0.15) is 70.6 Å². The molecule has 0 saturated heterocycles. The summed E-state index contributed by atoms with van der Waals surface area (Å²) in [5, 5.41) is 12.3. The molecule has 1 amide bonds. The van der Waals surface area contributed by atoms with E-state index >= 15 is 0 Å². The van der Waals surface area contributed by atoms with Gasteiger partial charge in [0, 0.05) is 12.0 Å². The molecule has 0 heterocycles. The minimum atomic E-state index is -1.07. The zero-order chi connectivity index (χ0) is 30.6. The second-order valence-corrected chi connectivity index (χ2v) is 9.20. The number of amides is 1. The van der Waals surface area contributed by atoms with E-state index < -0.39 is 12.0 Å². The molecule has 2 aromatic rings. The number of rotatable bonds is 16. The van der Waals surface area contributed by atoms with Crippen molar-refractivity contribution in [2.45, 2.75) is 73.3 Å². The molecule has 1 unspecified atom stereocenters. The fourth-order valence-electron chi connectivity index (χ4n) is 3.77. The molecule has 0 spiro atoms. The minimum absolute atomic E-state index is 0.214. The summed E-state index contributed by atoms with van der Waals surface area (Å²) in [5.41, 5.74) is 4.05. The highest BCUT2D eigenvalue weighted by Gasteiger charge is 2.22. The maximum atomic E-state index is 13.0. The van der Waals surface area contributed by atoms with Gasteiger partial charge >= 0.3 is 5.97 Å². The number of carboxylic acids is 1. The van der Waals surface area contributed by atoms with E-state index in [-0.39, 0.29) is 12.3 Å². The van der Waals surface area contributed by atoms with E-state index in [0.29, 0.717) is 31.0 Å². The second kappa shape index (κ2) is 19.9.